The van der Waals surface area contributed by atoms with Crippen LogP contribution in [-0.2, 0) is 27.1 Å². The highest BCUT2D eigenvalue weighted by molar-refractivity contribution is 5.86. The lowest BCUT2D eigenvalue weighted by Crippen LogP contribution is -2.55. The molecule has 1 N–H and O–H groups in total. The van der Waals surface area contributed by atoms with Crippen molar-refractivity contribution in [1.82, 2.24) is 4.90 Å². The molecule has 1 aliphatic heterocycles. The van der Waals surface area contributed by atoms with E-state index in [2.05, 4.69) is 0 Å². The van der Waals surface area contributed by atoms with Crippen molar-refractivity contribution in [3.63, 3.8) is 0 Å². The van der Waals surface area contributed by atoms with Crippen LogP contribution in [0.4, 0.5) is 30.7 Å². The smallest absolute Gasteiger partial charge is 0.435 e. The third kappa shape index (κ3) is 3.12. The Hall–Kier alpha value is -2.33. The summed E-state index contributed by atoms with van der Waals surface area (Å²) in [4.78, 5) is 27.2. The van der Waals surface area contributed by atoms with E-state index in [0.29, 0.717) is 69.2 Å². The van der Waals surface area contributed by atoms with Crippen molar-refractivity contribution in [2.24, 2.45) is 10.8 Å². The lowest BCUT2D eigenvalue weighted by atomic mass is 9.53. The summed E-state index contributed by atoms with van der Waals surface area (Å²) < 4.78 is 94.4. The molecule has 2 bridgehead atoms. The Bertz CT molecular complexity index is 1090. The summed E-state index contributed by atoms with van der Waals surface area (Å²) in [5.74, 6) is -0.964. The lowest BCUT2D eigenvalue weighted by molar-refractivity contribution is -0.348. The summed E-state index contributed by atoms with van der Waals surface area (Å²) in [6.45, 7) is 2.23. The van der Waals surface area contributed by atoms with Crippen LogP contribution in [-0.4, -0.2) is 46.8 Å². The van der Waals surface area contributed by atoms with E-state index in [4.69, 9.17) is 0 Å². The Morgan fingerprint density at radius 3 is 1.92 bits per heavy atom. The van der Waals surface area contributed by atoms with E-state index in [9.17, 15) is 45.4 Å². The highest BCUT2D eigenvalue weighted by Crippen LogP contribution is 2.60. The Morgan fingerprint density at radius 1 is 0.889 bits per heavy atom. The first-order valence-electron chi connectivity index (χ1n) is 12.0. The van der Waals surface area contributed by atoms with Gasteiger partial charge in [-0.1, -0.05) is 25.1 Å². The number of aliphatic carboxylic acids is 1. The molecular weight excluding hydrogens is 495 g/mol. The van der Waals surface area contributed by atoms with Gasteiger partial charge in [-0.2, -0.15) is 26.3 Å². The SMILES string of the molecule is CC12CCN(C(=O)C34CCC(C(=O)O)(CC3)CC4)C1Cc1cc(C(F)(C(F)(F)F)C(F)(F)F)ccc12. The molecule has 0 spiro atoms. The van der Waals surface area contributed by atoms with Crippen LogP contribution in [0, 0.1) is 10.8 Å². The molecule has 11 heteroatoms. The third-order valence-corrected chi connectivity index (χ3v) is 9.71. The normalized spacial score (nSPS) is 34.0. The van der Waals surface area contributed by atoms with Crippen LogP contribution in [0.1, 0.15) is 68.6 Å². The second-order valence-corrected chi connectivity index (χ2v) is 11.3. The van der Waals surface area contributed by atoms with Crippen LogP contribution >= 0.6 is 0 Å². The van der Waals surface area contributed by atoms with Crippen molar-refractivity contribution in [3.8, 4) is 0 Å². The zero-order chi connectivity index (χ0) is 26.5. The molecule has 1 amide bonds. The molecule has 1 aromatic carbocycles. The fraction of sp³-hybridized carbons (Fsp3) is 0.680. The van der Waals surface area contributed by atoms with Crippen LogP contribution in [0.2, 0.25) is 0 Å². The first-order valence-corrected chi connectivity index (χ1v) is 12.0. The van der Waals surface area contributed by atoms with Gasteiger partial charge >= 0.3 is 24.0 Å². The summed E-state index contributed by atoms with van der Waals surface area (Å²) >= 11 is 0. The second kappa shape index (κ2) is 7.37. The van der Waals surface area contributed by atoms with Gasteiger partial charge in [-0.15, -0.1) is 0 Å². The number of fused-ring (bicyclic) bond motifs is 6. The van der Waals surface area contributed by atoms with Crippen molar-refractivity contribution in [2.75, 3.05) is 6.54 Å². The van der Waals surface area contributed by atoms with Gasteiger partial charge in [0.15, 0.2) is 0 Å². The van der Waals surface area contributed by atoms with Crippen molar-refractivity contribution in [1.29, 1.82) is 0 Å². The maximum atomic E-state index is 14.7. The quantitative estimate of drug-likeness (QED) is 0.511. The molecule has 198 valence electrons. The van der Waals surface area contributed by atoms with Crippen LogP contribution in [0.5, 0.6) is 0 Å². The molecule has 1 aromatic rings. The van der Waals surface area contributed by atoms with E-state index in [1.165, 1.54) is 0 Å². The average molecular weight is 521 g/mol. The van der Waals surface area contributed by atoms with Gasteiger partial charge < -0.3 is 10.0 Å². The molecule has 4 fully saturated rings. The van der Waals surface area contributed by atoms with Gasteiger partial charge in [0.1, 0.15) is 0 Å². The molecule has 3 saturated carbocycles. The standard InChI is InChI=1S/C25H26F7NO3/c1-20-10-11-33(18(34)21-4-7-22(8-5-21,9-6-21)19(35)36)17(20)13-14-12-15(2-3-16(14)20)23(26,24(27,28)29)25(30,31)32/h2-3,12,17H,4-11,13H2,1H3,(H,35,36). The Balaban J connectivity index is 1.44. The van der Waals surface area contributed by atoms with E-state index >= 15 is 0 Å². The molecule has 1 heterocycles. The van der Waals surface area contributed by atoms with E-state index < -0.39 is 51.8 Å². The topological polar surface area (TPSA) is 57.6 Å². The Labute approximate surface area is 202 Å². The van der Waals surface area contributed by atoms with Gasteiger partial charge in [0.2, 0.25) is 5.91 Å². The number of carboxylic acids is 1. The number of carboxylic acid groups (broad SMARTS) is 1. The van der Waals surface area contributed by atoms with Gasteiger partial charge in [-0.05, 0) is 62.5 Å². The maximum absolute atomic E-state index is 14.7. The van der Waals surface area contributed by atoms with E-state index in [1.807, 2.05) is 6.92 Å². The molecule has 2 atom stereocenters. The molecule has 0 radical (unpaired) electrons. The fourth-order valence-electron chi connectivity index (χ4n) is 7.27. The molecule has 6 rings (SSSR count). The minimum Gasteiger partial charge on any atom is -0.481 e. The van der Waals surface area contributed by atoms with Crippen LogP contribution in [0.25, 0.3) is 0 Å². The molecule has 4 aliphatic carbocycles. The van der Waals surface area contributed by atoms with Gasteiger partial charge in [0.25, 0.3) is 0 Å². The summed E-state index contributed by atoms with van der Waals surface area (Å²) in [6, 6.07) is 1.89. The maximum Gasteiger partial charge on any atom is 0.435 e. The van der Waals surface area contributed by atoms with E-state index in [1.54, 1.807) is 4.90 Å². The zero-order valence-electron chi connectivity index (χ0n) is 19.5. The highest BCUT2D eigenvalue weighted by Gasteiger charge is 2.73. The number of hydrogen-bond donors (Lipinski definition) is 1. The first kappa shape index (κ1) is 25.3. The zero-order valence-corrected chi connectivity index (χ0v) is 19.5. The van der Waals surface area contributed by atoms with Crippen molar-refractivity contribution in [3.05, 3.63) is 34.9 Å². The average Bonchev–Trinajstić information content (AvgIpc) is 3.28. The predicted molar refractivity (Wildman–Crippen MR) is 113 cm³/mol. The van der Waals surface area contributed by atoms with Gasteiger partial charge in [-0.3, -0.25) is 9.59 Å². The van der Waals surface area contributed by atoms with Crippen molar-refractivity contribution in [2.45, 2.75) is 87.8 Å². The molecule has 2 unspecified atom stereocenters. The molecule has 36 heavy (non-hydrogen) atoms. The summed E-state index contributed by atoms with van der Waals surface area (Å²) in [6.07, 6.45) is -9.33. The third-order valence-electron chi connectivity index (χ3n) is 9.71. The Morgan fingerprint density at radius 2 is 1.42 bits per heavy atom. The van der Waals surface area contributed by atoms with Gasteiger partial charge in [-0.25, -0.2) is 4.39 Å². The summed E-state index contributed by atoms with van der Waals surface area (Å²) in [7, 11) is 0. The largest absolute Gasteiger partial charge is 0.481 e. The Kier molecular flexibility index (Phi) is 5.19. The van der Waals surface area contributed by atoms with Crippen molar-refractivity contribution >= 4 is 11.9 Å². The molecule has 1 saturated heterocycles. The van der Waals surface area contributed by atoms with Gasteiger partial charge in [0.05, 0.1) is 5.41 Å². The van der Waals surface area contributed by atoms with E-state index in [-0.39, 0.29) is 17.9 Å². The number of carbonyl (C=O) groups is 2. The van der Waals surface area contributed by atoms with Crippen LogP contribution in [0.15, 0.2) is 18.2 Å². The number of nitrogens with zero attached hydrogens (tertiary/aromatic N) is 1. The molecular formula is C25H26F7NO3. The number of hydrogen-bond acceptors (Lipinski definition) is 2. The highest BCUT2D eigenvalue weighted by atomic mass is 19.4. The first-order chi connectivity index (χ1) is 16.5. The number of rotatable bonds is 3. The number of benzene rings is 1. The molecule has 5 aliphatic rings. The van der Waals surface area contributed by atoms with Gasteiger partial charge in [0, 0.05) is 29.0 Å². The number of alkyl halides is 7. The lowest BCUT2D eigenvalue weighted by Gasteiger charge is -2.51. The summed E-state index contributed by atoms with van der Waals surface area (Å²) in [5.41, 5.74) is -8.45. The minimum atomic E-state index is -6.19. The van der Waals surface area contributed by atoms with Crippen LogP contribution in [0.3, 0.4) is 0 Å². The second-order valence-electron chi connectivity index (χ2n) is 11.3. The number of halogens is 7. The number of amides is 1. The van der Waals surface area contributed by atoms with Crippen LogP contribution < -0.4 is 0 Å². The molecule has 4 nitrogen and oxygen atoms in total. The van der Waals surface area contributed by atoms with Crippen molar-refractivity contribution < 1.29 is 45.4 Å². The number of likely N-dealkylation sites (tertiary alicyclic amines) is 1. The minimum absolute atomic E-state index is 0.0341. The number of carbonyl (C=O) groups excluding carboxylic acids is 1. The monoisotopic (exact) mass is 521 g/mol. The fourth-order valence-corrected chi connectivity index (χ4v) is 7.27. The molecule has 0 aromatic heterocycles. The summed E-state index contributed by atoms with van der Waals surface area (Å²) in [5, 5.41) is 9.62. The predicted octanol–water partition coefficient (Wildman–Crippen LogP) is 5.82. The van der Waals surface area contributed by atoms with E-state index in [0.717, 1.165) is 6.07 Å².